The van der Waals surface area contributed by atoms with Gasteiger partial charge in [0.25, 0.3) is 0 Å². The molecular weight excluding hydrogens is 164 g/mol. The normalized spacial score (nSPS) is 9.64. The highest BCUT2D eigenvalue weighted by Crippen LogP contribution is 1.92. The summed E-state index contributed by atoms with van der Waals surface area (Å²) in [4.78, 5) is 0. The Kier molecular flexibility index (Phi) is 12.5. The lowest BCUT2D eigenvalue weighted by molar-refractivity contribution is 0.593. The predicted octanol–water partition coefficient (Wildman–Crippen LogP) is 1.03. The van der Waals surface area contributed by atoms with E-state index in [-0.39, 0.29) is 10.7 Å². The SMILES string of the molecule is CC(C)S(C)(=O)=O.CCC.O. The van der Waals surface area contributed by atoms with Crippen molar-refractivity contribution in [1.82, 2.24) is 0 Å². The minimum atomic E-state index is -2.74. The van der Waals surface area contributed by atoms with Crippen molar-refractivity contribution in [2.24, 2.45) is 0 Å². The maximum absolute atomic E-state index is 10.3. The average Bonchev–Trinajstić information content (AvgIpc) is 1.64. The Morgan fingerprint density at radius 1 is 1.18 bits per heavy atom. The molecule has 3 nitrogen and oxygen atoms in total. The van der Waals surface area contributed by atoms with Crippen LogP contribution in [0.15, 0.2) is 0 Å². The van der Waals surface area contributed by atoms with Gasteiger partial charge in [-0.2, -0.15) is 0 Å². The van der Waals surface area contributed by atoms with Gasteiger partial charge < -0.3 is 5.48 Å². The first-order chi connectivity index (χ1) is 4.36. The van der Waals surface area contributed by atoms with Crippen molar-refractivity contribution >= 4 is 9.84 Å². The smallest absolute Gasteiger partial charge is 0.149 e. The Morgan fingerprint density at radius 2 is 1.27 bits per heavy atom. The zero-order valence-corrected chi connectivity index (χ0v) is 8.83. The third kappa shape index (κ3) is 17.8. The van der Waals surface area contributed by atoms with E-state index in [1.807, 2.05) is 0 Å². The fourth-order valence-corrected chi connectivity index (χ4v) is 0. The minimum absolute atomic E-state index is 0. The molecule has 0 aromatic carbocycles. The van der Waals surface area contributed by atoms with Crippen molar-refractivity contribution in [3.05, 3.63) is 0 Å². The summed E-state index contributed by atoms with van der Waals surface area (Å²) in [6.07, 6.45) is 2.48. The fourth-order valence-electron chi connectivity index (χ4n) is 0. The summed E-state index contributed by atoms with van der Waals surface area (Å²) in [7, 11) is -2.74. The van der Waals surface area contributed by atoms with Crippen molar-refractivity contribution < 1.29 is 13.9 Å². The van der Waals surface area contributed by atoms with Crippen LogP contribution in [0.4, 0.5) is 0 Å². The molecule has 0 saturated carbocycles. The van der Waals surface area contributed by atoms with Crippen molar-refractivity contribution in [3.8, 4) is 0 Å². The first kappa shape index (κ1) is 17.1. The maximum Gasteiger partial charge on any atom is 0.149 e. The monoisotopic (exact) mass is 184 g/mol. The van der Waals surface area contributed by atoms with Gasteiger partial charge in [-0.3, -0.25) is 0 Å². The summed E-state index contributed by atoms with van der Waals surface area (Å²) in [6, 6.07) is 0. The van der Waals surface area contributed by atoms with Crippen molar-refractivity contribution in [3.63, 3.8) is 0 Å². The van der Waals surface area contributed by atoms with Gasteiger partial charge in [0, 0.05) is 6.26 Å². The van der Waals surface area contributed by atoms with Gasteiger partial charge in [0.05, 0.1) is 5.25 Å². The molecular formula is C7H20O3S. The molecule has 0 rings (SSSR count). The zero-order chi connectivity index (χ0) is 8.78. The lowest BCUT2D eigenvalue weighted by atomic mass is 10.6. The molecule has 4 heteroatoms. The zero-order valence-electron chi connectivity index (χ0n) is 8.01. The van der Waals surface area contributed by atoms with Crippen LogP contribution in [-0.2, 0) is 9.84 Å². The molecule has 0 heterocycles. The third-order valence-electron chi connectivity index (χ3n) is 0.856. The number of rotatable bonds is 1. The molecule has 0 atom stereocenters. The summed E-state index contributed by atoms with van der Waals surface area (Å²) in [5, 5.41) is -0.229. The molecule has 0 saturated heterocycles. The first-order valence-electron chi connectivity index (χ1n) is 3.55. The van der Waals surface area contributed by atoms with E-state index in [9.17, 15) is 8.42 Å². The molecule has 0 spiro atoms. The molecule has 72 valence electrons. The fraction of sp³-hybridized carbons (Fsp3) is 1.00. The largest absolute Gasteiger partial charge is 0.412 e. The van der Waals surface area contributed by atoms with Gasteiger partial charge in [-0.05, 0) is 13.8 Å². The molecule has 0 unspecified atom stereocenters. The number of hydrogen-bond acceptors (Lipinski definition) is 2. The van der Waals surface area contributed by atoms with Crippen molar-refractivity contribution in [2.75, 3.05) is 6.26 Å². The first-order valence-corrected chi connectivity index (χ1v) is 5.50. The van der Waals surface area contributed by atoms with Crippen LogP contribution in [0.2, 0.25) is 0 Å². The molecule has 0 aliphatic rings. The maximum atomic E-state index is 10.3. The van der Waals surface area contributed by atoms with Crippen molar-refractivity contribution in [2.45, 2.75) is 39.4 Å². The Balaban J connectivity index is -0.000000140. The Hall–Kier alpha value is -0.0900. The van der Waals surface area contributed by atoms with Crippen LogP contribution in [0.25, 0.3) is 0 Å². The average molecular weight is 184 g/mol. The highest BCUT2D eigenvalue weighted by atomic mass is 32.2. The Labute approximate surface area is 70.0 Å². The molecule has 0 aromatic rings. The van der Waals surface area contributed by atoms with Gasteiger partial charge in [0.1, 0.15) is 9.84 Å². The quantitative estimate of drug-likeness (QED) is 0.611. The van der Waals surface area contributed by atoms with Gasteiger partial charge in [0.2, 0.25) is 0 Å². The van der Waals surface area contributed by atoms with Crippen LogP contribution in [0.3, 0.4) is 0 Å². The van der Waals surface area contributed by atoms with E-state index in [1.54, 1.807) is 13.8 Å². The van der Waals surface area contributed by atoms with Gasteiger partial charge >= 0.3 is 0 Å². The van der Waals surface area contributed by atoms with E-state index in [1.165, 1.54) is 12.7 Å². The summed E-state index contributed by atoms with van der Waals surface area (Å²) in [5.41, 5.74) is 0. The van der Waals surface area contributed by atoms with E-state index in [4.69, 9.17) is 0 Å². The summed E-state index contributed by atoms with van der Waals surface area (Å²) in [5.74, 6) is 0. The van der Waals surface area contributed by atoms with Crippen LogP contribution in [-0.4, -0.2) is 25.4 Å². The molecule has 11 heavy (non-hydrogen) atoms. The molecule has 0 fully saturated rings. The second-order valence-corrected chi connectivity index (χ2v) is 5.19. The second-order valence-electron chi connectivity index (χ2n) is 2.59. The number of sulfone groups is 1. The molecule has 0 bridgehead atoms. The van der Waals surface area contributed by atoms with Crippen molar-refractivity contribution in [1.29, 1.82) is 0 Å². The van der Waals surface area contributed by atoms with Crippen LogP contribution >= 0.6 is 0 Å². The summed E-state index contributed by atoms with van der Waals surface area (Å²) >= 11 is 0. The van der Waals surface area contributed by atoms with Gasteiger partial charge in [0.15, 0.2) is 0 Å². The Bertz CT molecular complexity index is 147. The van der Waals surface area contributed by atoms with Gasteiger partial charge in [-0.1, -0.05) is 20.3 Å². The van der Waals surface area contributed by atoms with E-state index in [0.29, 0.717) is 0 Å². The van der Waals surface area contributed by atoms with Crippen LogP contribution in [0.5, 0.6) is 0 Å². The molecule has 0 amide bonds. The van der Waals surface area contributed by atoms with E-state index in [0.717, 1.165) is 0 Å². The molecule has 0 radical (unpaired) electrons. The van der Waals surface area contributed by atoms with E-state index >= 15 is 0 Å². The second kappa shape index (κ2) is 8.01. The van der Waals surface area contributed by atoms with Crippen LogP contribution in [0.1, 0.15) is 34.1 Å². The molecule has 0 aliphatic carbocycles. The lowest BCUT2D eigenvalue weighted by Crippen LogP contribution is -2.10. The summed E-state index contributed by atoms with van der Waals surface area (Å²) in [6.45, 7) is 7.57. The third-order valence-corrected chi connectivity index (χ3v) is 2.57. The van der Waals surface area contributed by atoms with E-state index < -0.39 is 9.84 Å². The van der Waals surface area contributed by atoms with Crippen LogP contribution < -0.4 is 0 Å². The topological polar surface area (TPSA) is 65.6 Å². The summed E-state index contributed by atoms with van der Waals surface area (Å²) < 4.78 is 20.7. The highest BCUT2D eigenvalue weighted by Gasteiger charge is 2.05. The predicted molar refractivity (Wildman–Crippen MR) is 49.6 cm³/mol. The van der Waals surface area contributed by atoms with Crippen LogP contribution in [0, 0.1) is 0 Å². The molecule has 0 aromatic heterocycles. The van der Waals surface area contributed by atoms with Gasteiger partial charge in [-0.15, -0.1) is 0 Å². The standard InChI is InChI=1S/C4H10O2S.C3H8.H2O/c1-4(2)7(3,5)6;1-3-2;/h4H,1-3H3;3H2,1-2H3;1H2. The minimum Gasteiger partial charge on any atom is -0.412 e. The Morgan fingerprint density at radius 3 is 1.27 bits per heavy atom. The highest BCUT2D eigenvalue weighted by molar-refractivity contribution is 7.91. The molecule has 0 aliphatic heterocycles. The molecule has 2 N–H and O–H groups in total. The van der Waals surface area contributed by atoms with Gasteiger partial charge in [-0.25, -0.2) is 8.42 Å². The lowest BCUT2D eigenvalue weighted by Gasteiger charge is -1.96. The number of hydrogen-bond donors (Lipinski definition) is 0. The van der Waals surface area contributed by atoms with E-state index in [2.05, 4.69) is 13.8 Å².